The van der Waals surface area contributed by atoms with Crippen molar-refractivity contribution in [1.82, 2.24) is 0 Å². The van der Waals surface area contributed by atoms with Crippen LogP contribution in [0.25, 0.3) is 0 Å². The van der Waals surface area contributed by atoms with Crippen LogP contribution in [-0.4, -0.2) is 18.0 Å². The van der Waals surface area contributed by atoms with E-state index in [1.807, 2.05) is 6.92 Å². The van der Waals surface area contributed by atoms with Gasteiger partial charge in [0.15, 0.2) is 5.78 Å². The Labute approximate surface area is 102 Å². The minimum atomic E-state index is -0.504. The maximum absolute atomic E-state index is 13.7. The summed E-state index contributed by atoms with van der Waals surface area (Å²) >= 11 is 3.07. The van der Waals surface area contributed by atoms with Crippen LogP contribution in [0.4, 0.5) is 4.39 Å². The molecule has 0 aromatic heterocycles. The van der Waals surface area contributed by atoms with Gasteiger partial charge in [0.1, 0.15) is 11.9 Å². The zero-order valence-electron chi connectivity index (χ0n) is 8.87. The predicted octanol–water partition coefficient (Wildman–Crippen LogP) is 3.34. The van der Waals surface area contributed by atoms with Gasteiger partial charge in [0.25, 0.3) is 0 Å². The van der Waals surface area contributed by atoms with Gasteiger partial charge in [-0.25, -0.2) is 4.39 Å². The molecule has 1 fully saturated rings. The van der Waals surface area contributed by atoms with Crippen molar-refractivity contribution in [3.63, 3.8) is 0 Å². The fourth-order valence-corrected chi connectivity index (χ4v) is 2.23. The Kier molecular flexibility index (Phi) is 3.40. The Bertz CT molecular complexity index is 419. The Balaban J connectivity index is 2.24. The molecule has 4 heteroatoms. The topological polar surface area (TPSA) is 26.3 Å². The van der Waals surface area contributed by atoms with E-state index in [1.54, 1.807) is 12.1 Å². The van der Waals surface area contributed by atoms with E-state index in [-0.39, 0.29) is 17.5 Å². The molecule has 1 aliphatic heterocycles. The molecule has 0 saturated carbocycles. The van der Waals surface area contributed by atoms with Crippen LogP contribution in [0.2, 0.25) is 0 Å². The Morgan fingerprint density at radius 3 is 2.88 bits per heavy atom. The molecule has 2 rings (SSSR count). The Morgan fingerprint density at radius 2 is 2.25 bits per heavy atom. The normalized spacial score (nSPS) is 24.7. The Morgan fingerprint density at radius 1 is 1.50 bits per heavy atom. The minimum Gasteiger partial charge on any atom is -0.367 e. The molecule has 2 unspecified atom stereocenters. The van der Waals surface area contributed by atoms with Crippen molar-refractivity contribution in [2.75, 3.05) is 0 Å². The maximum atomic E-state index is 13.7. The van der Waals surface area contributed by atoms with E-state index in [9.17, 15) is 9.18 Å². The third-order valence-electron chi connectivity index (χ3n) is 2.74. The van der Waals surface area contributed by atoms with Gasteiger partial charge in [0.05, 0.1) is 16.1 Å². The summed E-state index contributed by atoms with van der Waals surface area (Å²) in [4.78, 5) is 12.0. The van der Waals surface area contributed by atoms with Crippen LogP contribution in [0.3, 0.4) is 0 Å². The van der Waals surface area contributed by atoms with Gasteiger partial charge in [-0.1, -0.05) is 6.07 Å². The van der Waals surface area contributed by atoms with Crippen LogP contribution < -0.4 is 0 Å². The van der Waals surface area contributed by atoms with Gasteiger partial charge in [0, 0.05) is 0 Å². The first-order valence-corrected chi connectivity index (χ1v) is 6.02. The molecule has 16 heavy (non-hydrogen) atoms. The molecule has 1 aromatic carbocycles. The lowest BCUT2D eigenvalue weighted by molar-refractivity contribution is 0.0430. The van der Waals surface area contributed by atoms with Gasteiger partial charge < -0.3 is 4.74 Å². The monoisotopic (exact) mass is 286 g/mol. The molecule has 0 spiro atoms. The largest absolute Gasteiger partial charge is 0.367 e. The summed E-state index contributed by atoms with van der Waals surface area (Å²) in [5, 5.41) is 0. The summed E-state index contributed by atoms with van der Waals surface area (Å²) in [6, 6.07) is 4.72. The highest BCUT2D eigenvalue weighted by molar-refractivity contribution is 9.10. The van der Waals surface area contributed by atoms with Crippen molar-refractivity contribution in [3.8, 4) is 0 Å². The molecule has 0 N–H and O–H groups in total. The number of Topliss-reactive ketones (excluding diaryl/α,β-unsaturated/α-hetero) is 1. The number of carbonyl (C=O) groups excluding carboxylic acids is 1. The minimum absolute atomic E-state index is 0.0872. The van der Waals surface area contributed by atoms with Crippen LogP contribution in [0.5, 0.6) is 0 Å². The lowest BCUT2D eigenvalue weighted by Crippen LogP contribution is -2.22. The third kappa shape index (κ3) is 2.18. The molecule has 1 saturated heterocycles. The molecule has 0 amide bonds. The predicted molar refractivity (Wildman–Crippen MR) is 62.0 cm³/mol. The van der Waals surface area contributed by atoms with Crippen molar-refractivity contribution in [3.05, 3.63) is 34.1 Å². The first kappa shape index (κ1) is 11.7. The highest BCUT2D eigenvalue weighted by Crippen LogP contribution is 2.25. The summed E-state index contributed by atoms with van der Waals surface area (Å²) in [5.74, 6) is -0.765. The zero-order chi connectivity index (χ0) is 11.7. The van der Waals surface area contributed by atoms with Gasteiger partial charge in [0.2, 0.25) is 0 Å². The molecule has 1 aromatic rings. The molecular formula is C12H12BrFO2. The van der Waals surface area contributed by atoms with E-state index in [2.05, 4.69) is 15.9 Å². The van der Waals surface area contributed by atoms with E-state index in [1.165, 1.54) is 6.07 Å². The Hall–Kier alpha value is -0.740. The van der Waals surface area contributed by atoms with Crippen molar-refractivity contribution in [2.24, 2.45) is 0 Å². The molecule has 1 aliphatic rings. The standard InChI is InChI=1S/C12H12BrFO2/c1-7-5-6-10(16-7)12(15)8-3-2-4-9(13)11(8)14/h2-4,7,10H,5-6H2,1H3. The molecule has 86 valence electrons. The number of rotatable bonds is 2. The summed E-state index contributed by atoms with van der Waals surface area (Å²) < 4.78 is 19.4. The number of benzene rings is 1. The maximum Gasteiger partial charge on any atom is 0.194 e. The second-order valence-corrected chi connectivity index (χ2v) is 4.83. The van der Waals surface area contributed by atoms with Gasteiger partial charge in [-0.05, 0) is 47.8 Å². The van der Waals surface area contributed by atoms with E-state index >= 15 is 0 Å². The lowest BCUT2D eigenvalue weighted by Gasteiger charge is -2.10. The van der Waals surface area contributed by atoms with Crippen LogP contribution in [0, 0.1) is 5.82 Å². The number of ketones is 1. The first-order chi connectivity index (χ1) is 7.59. The van der Waals surface area contributed by atoms with Crippen LogP contribution in [0.1, 0.15) is 30.1 Å². The summed E-state index contributed by atoms with van der Waals surface area (Å²) in [5.41, 5.74) is 0.105. The van der Waals surface area contributed by atoms with Crippen molar-refractivity contribution in [1.29, 1.82) is 0 Å². The average Bonchev–Trinajstić information content (AvgIpc) is 2.68. The van der Waals surface area contributed by atoms with E-state index in [0.29, 0.717) is 10.9 Å². The van der Waals surface area contributed by atoms with Crippen molar-refractivity contribution < 1.29 is 13.9 Å². The van der Waals surface area contributed by atoms with Crippen molar-refractivity contribution in [2.45, 2.75) is 32.0 Å². The fraction of sp³-hybridized carbons (Fsp3) is 0.417. The fourth-order valence-electron chi connectivity index (χ4n) is 1.86. The molecule has 0 radical (unpaired) electrons. The number of ether oxygens (including phenoxy) is 1. The van der Waals surface area contributed by atoms with Gasteiger partial charge in [-0.3, -0.25) is 4.79 Å². The second kappa shape index (κ2) is 4.63. The molecular weight excluding hydrogens is 275 g/mol. The highest BCUT2D eigenvalue weighted by Gasteiger charge is 2.30. The molecule has 2 atom stereocenters. The quantitative estimate of drug-likeness (QED) is 0.780. The second-order valence-electron chi connectivity index (χ2n) is 3.98. The summed E-state index contributed by atoms with van der Waals surface area (Å²) in [6.07, 6.45) is 1.13. The SMILES string of the molecule is CC1CCC(C(=O)c2cccc(Br)c2F)O1. The number of halogens is 2. The lowest BCUT2D eigenvalue weighted by atomic mass is 10.0. The van der Waals surface area contributed by atoms with Gasteiger partial charge in [-0.15, -0.1) is 0 Å². The first-order valence-electron chi connectivity index (χ1n) is 5.23. The number of carbonyl (C=O) groups is 1. The van der Waals surface area contributed by atoms with Crippen LogP contribution in [0.15, 0.2) is 22.7 Å². The average molecular weight is 287 g/mol. The molecule has 0 aliphatic carbocycles. The molecule has 2 nitrogen and oxygen atoms in total. The number of hydrogen-bond acceptors (Lipinski definition) is 2. The zero-order valence-corrected chi connectivity index (χ0v) is 10.5. The van der Waals surface area contributed by atoms with E-state index in [0.717, 1.165) is 6.42 Å². The van der Waals surface area contributed by atoms with E-state index < -0.39 is 11.9 Å². The highest BCUT2D eigenvalue weighted by atomic mass is 79.9. The van der Waals surface area contributed by atoms with Crippen molar-refractivity contribution >= 4 is 21.7 Å². The van der Waals surface area contributed by atoms with Gasteiger partial charge >= 0.3 is 0 Å². The molecule has 1 heterocycles. The van der Waals surface area contributed by atoms with E-state index in [4.69, 9.17) is 4.74 Å². The summed E-state index contributed by atoms with van der Waals surface area (Å²) in [6.45, 7) is 1.92. The number of hydrogen-bond donors (Lipinski definition) is 0. The van der Waals surface area contributed by atoms with Crippen LogP contribution in [-0.2, 0) is 4.74 Å². The smallest absolute Gasteiger partial charge is 0.194 e. The third-order valence-corrected chi connectivity index (χ3v) is 3.35. The van der Waals surface area contributed by atoms with Crippen LogP contribution >= 0.6 is 15.9 Å². The summed E-state index contributed by atoms with van der Waals surface area (Å²) in [7, 11) is 0. The van der Waals surface area contributed by atoms with Gasteiger partial charge in [-0.2, -0.15) is 0 Å². The molecule has 0 bridgehead atoms.